The van der Waals surface area contributed by atoms with E-state index in [1.54, 1.807) is 0 Å². The van der Waals surface area contributed by atoms with E-state index >= 15 is 0 Å². The van der Waals surface area contributed by atoms with Gasteiger partial charge in [0.15, 0.2) is 5.78 Å². The van der Waals surface area contributed by atoms with Crippen LogP contribution in [0.25, 0.3) is 0 Å². The van der Waals surface area contributed by atoms with Gasteiger partial charge >= 0.3 is 0 Å². The highest BCUT2D eigenvalue weighted by Crippen LogP contribution is 2.20. The second-order valence-electron chi connectivity index (χ2n) is 5.15. The number of aliphatic hydroxyl groups excluding tert-OH is 1. The predicted molar refractivity (Wildman–Crippen MR) is 79.3 cm³/mol. The minimum absolute atomic E-state index is 0.201. The standard InChI is InChI=1S/C15H20BrNO2/c16-14-3-1-2-13(10-14)15(19)5-8-17-7-4-12(11-17)6-9-18/h1-3,10,12,18H,4-9,11H2. The van der Waals surface area contributed by atoms with Crippen molar-refractivity contribution in [3.05, 3.63) is 34.3 Å². The quantitative estimate of drug-likeness (QED) is 0.817. The lowest BCUT2D eigenvalue weighted by molar-refractivity contribution is 0.0967. The highest BCUT2D eigenvalue weighted by Gasteiger charge is 2.22. The Morgan fingerprint density at radius 1 is 1.47 bits per heavy atom. The fourth-order valence-corrected chi connectivity index (χ4v) is 3.00. The molecule has 1 saturated heterocycles. The van der Waals surface area contributed by atoms with E-state index in [0.717, 1.165) is 42.5 Å². The molecule has 0 amide bonds. The topological polar surface area (TPSA) is 40.5 Å². The van der Waals surface area contributed by atoms with E-state index in [-0.39, 0.29) is 12.4 Å². The second kappa shape index (κ2) is 7.17. The first-order chi connectivity index (χ1) is 9.19. The van der Waals surface area contributed by atoms with Crippen molar-refractivity contribution in [3.63, 3.8) is 0 Å². The Kier molecular flexibility index (Phi) is 5.55. The van der Waals surface area contributed by atoms with Crippen LogP contribution in [-0.4, -0.2) is 42.0 Å². The van der Waals surface area contributed by atoms with Gasteiger partial charge < -0.3 is 10.0 Å². The first-order valence-corrected chi connectivity index (χ1v) is 7.60. The predicted octanol–water partition coefficient (Wildman–Crippen LogP) is 2.73. The summed E-state index contributed by atoms with van der Waals surface area (Å²) in [5.74, 6) is 0.804. The fraction of sp³-hybridized carbons (Fsp3) is 0.533. The van der Waals surface area contributed by atoms with E-state index in [1.165, 1.54) is 0 Å². The summed E-state index contributed by atoms with van der Waals surface area (Å²) < 4.78 is 0.947. The average Bonchev–Trinajstić information content (AvgIpc) is 2.84. The molecule has 1 aliphatic heterocycles. The Bertz CT molecular complexity index is 436. The third-order valence-corrected chi connectivity index (χ3v) is 4.20. The number of ketones is 1. The lowest BCUT2D eigenvalue weighted by Gasteiger charge is -2.15. The molecule has 0 aromatic heterocycles. The number of carbonyl (C=O) groups excluding carboxylic acids is 1. The average molecular weight is 326 g/mol. The summed E-state index contributed by atoms with van der Waals surface area (Å²) in [5.41, 5.74) is 0.778. The maximum atomic E-state index is 12.1. The number of halogens is 1. The van der Waals surface area contributed by atoms with E-state index in [0.29, 0.717) is 12.3 Å². The molecule has 2 rings (SSSR count). The largest absolute Gasteiger partial charge is 0.396 e. The van der Waals surface area contributed by atoms with Crippen LogP contribution in [0.3, 0.4) is 0 Å². The van der Waals surface area contributed by atoms with Crippen molar-refractivity contribution in [2.45, 2.75) is 19.3 Å². The van der Waals surface area contributed by atoms with Crippen LogP contribution in [0.4, 0.5) is 0 Å². The summed E-state index contributed by atoms with van der Waals surface area (Å²) in [6.45, 7) is 3.17. The van der Waals surface area contributed by atoms with Gasteiger partial charge in [-0.25, -0.2) is 0 Å². The summed E-state index contributed by atoms with van der Waals surface area (Å²) in [6.07, 6.45) is 2.60. The van der Waals surface area contributed by atoms with E-state index in [4.69, 9.17) is 5.11 Å². The highest BCUT2D eigenvalue weighted by atomic mass is 79.9. The van der Waals surface area contributed by atoms with Gasteiger partial charge in [0.25, 0.3) is 0 Å². The molecule has 1 heterocycles. The number of rotatable bonds is 6. The molecule has 0 aliphatic carbocycles. The monoisotopic (exact) mass is 325 g/mol. The maximum absolute atomic E-state index is 12.1. The Balaban J connectivity index is 1.78. The van der Waals surface area contributed by atoms with Crippen molar-refractivity contribution >= 4 is 21.7 Å². The SMILES string of the molecule is O=C(CCN1CCC(CCO)C1)c1cccc(Br)c1. The molecular formula is C15H20BrNO2. The van der Waals surface area contributed by atoms with Gasteiger partial charge in [0.05, 0.1) is 0 Å². The lowest BCUT2D eigenvalue weighted by Crippen LogP contribution is -2.24. The van der Waals surface area contributed by atoms with Gasteiger partial charge in [-0.05, 0) is 37.4 Å². The number of hydrogen-bond acceptors (Lipinski definition) is 3. The molecule has 0 radical (unpaired) electrons. The lowest BCUT2D eigenvalue weighted by atomic mass is 10.1. The molecule has 0 spiro atoms. The van der Waals surface area contributed by atoms with Crippen LogP contribution in [-0.2, 0) is 0 Å². The van der Waals surface area contributed by atoms with Crippen molar-refractivity contribution in [1.29, 1.82) is 0 Å². The van der Waals surface area contributed by atoms with Gasteiger partial charge in [-0.1, -0.05) is 28.1 Å². The van der Waals surface area contributed by atoms with Crippen molar-refractivity contribution in [1.82, 2.24) is 4.90 Å². The molecule has 3 nitrogen and oxygen atoms in total. The van der Waals surface area contributed by atoms with Gasteiger partial charge in [0, 0.05) is 36.2 Å². The van der Waals surface area contributed by atoms with Crippen LogP contribution in [0.15, 0.2) is 28.7 Å². The van der Waals surface area contributed by atoms with Crippen molar-refractivity contribution in [2.75, 3.05) is 26.2 Å². The number of Topliss-reactive ketones (excluding diaryl/α,β-unsaturated/α-hetero) is 1. The van der Waals surface area contributed by atoms with Gasteiger partial charge in [-0.15, -0.1) is 0 Å². The fourth-order valence-electron chi connectivity index (χ4n) is 2.60. The summed E-state index contributed by atoms with van der Waals surface area (Å²) in [7, 11) is 0. The maximum Gasteiger partial charge on any atom is 0.164 e. The van der Waals surface area contributed by atoms with E-state index in [1.807, 2.05) is 24.3 Å². The molecule has 104 valence electrons. The molecule has 1 unspecified atom stereocenters. The second-order valence-corrected chi connectivity index (χ2v) is 6.07. The molecule has 1 aliphatic rings. The normalized spacial score (nSPS) is 19.8. The third-order valence-electron chi connectivity index (χ3n) is 3.71. The first kappa shape index (κ1) is 14.7. The molecule has 0 saturated carbocycles. The number of likely N-dealkylation sites (tertiary alicyclic amines) is 1. The zero-order chi connectivity index (χ0) is 13.7. The molecular weight excluding hydrogens is 306 g/mol. The van der Waals surface area contributed by atoms with Crippen LogP contribution in [0.1, 0.15) is 29.6 Å². The van der Waals surface area contributed by atoms with Crippen LogP contribution in [0.5, 0.6) is 0 Å². The zero-order valence-electron chi connectivity index (χ0n) is 11.0. The molecule has 0 bridgehead atoms. The van der Waals surface area contributed by atoms with Crippen LogP contribution >= 0.6 is 15.9 Å². The van der Waals surface area contributed by atoms with Gasteiger partial charge in [-0.3, -0.25) is 4.79 Å². The number of benzene rings is 1. The molecule has 19 heavy (non-hydrogen) atoms. The number of aliphatic hydroxyl groups is 1. The molecule has 1 N–H and O–H groups in total. The number of carbonyl (C=O) groups is 1. The third kappa shape index (κ3) is 4.41. The Hall–Kier alpha value is -0.710. The summed E-state index contributed by atoms with van der Waals surface area (Å²) in [5, 5.41) is 8.93. The van der Waals surface area contributed by atoms with Gasteiger partial charge in [0.1, 0.15) is 0 Å². The van der Waals surface area contributed by atoms with E-state index < -0.39 is 0 Å². The van der Waals surface area contributed by atoms with E-state index in [9.17, 15) is 4.79 Å². The minimum atomic E-state index is 0.201. The smallest absolute Gasteiger partial charge is 0.164 e. The van der Waals surface area contributed by atoms with Crippen molar-refractivity contribution < 1.29 is 9.90 Å². The summed E-state index contributed by atoms with van der Waals surface area (Å²) >= 11 is 3.39. The first-order valence-electron chi connectivity index (χ1n) is 6.81. The Morgan fingerprint density at radius 2 is 2.32 bits per heavy atom. The minimum Gasteiger partial charge on any atom is -0.396 e. The molecule has 4 heteroatoms. The van der Waals surface area contributed by atoms with Gasteiger partial charge in [-0.2, -0.15) is 0 Å². The van der Waals surface area contributed by atoms with Crippen LogP contribution < -0.4 is 0 Å². The molecule has 1 fully saturated rings. The number of hydrogen-bond donors (Lipinski definition) is 1. The highest BCUT2D eigenvalue weighted by molar-refractivity contribution is 9.10. The van der Waals surface area contributed by atoms with Crippen molar-refractivity contribution in [3.8, 4) is 0 Å². The van der Waals surface area contributed by atoms with Crippen LogP contribution in [0, 0.1) is 5.92 Å². The Labute approximate surface area is 122 Å². The summed E-state index contributed by atoms with van der Waals surface area (Å²) in [6, 6.07) is 7.56. The van der Waals surface area contributed by atoms with Gasteiger partial charge in [0.2, 0.25) is 0 Å². The Morgan fingerprint density at radius 3 is 3.05 bits per heavy atom. The van der Waals surface area contributed by atoms with Crippen molar-refractivity contribution in [2.24, 2.45) is 5.92 Å². The molecule has 1 atom stereocenters. The van der Waals surface area contributed by atoms with E-state index in [2.05, 4.69) is 20.8 Å². The molecule has 1 aromatic carbocycles. The summed E-state index contributed by atoms with van der Waals surface area (Å²) in [4.78, 5) is 14.4. The molecule has 1 aromatic rings. The zero-order valence-corrected chi connectivity index (χ0v) is 12.6. The van der Waals surface area contributed by atoms with Crippen LogP contribution in [0.2, 0.25) is 0 Å². The number of nitrogens with zero attached hydrogens (tertiary/aromatic N) is 1.